The zero-order chi connectivity index (χ0) is 13.4. The SMILES string of the molecule is CC(=O)OC(CSSCC(N)C(=O)O)C(C)[NH3+]. The largest absolute Gasteiger partial charge is 0.480 e. The molecule has 6 N–H and O–H groups in total. The number of nitrogens with two attached hydrogens (primary N) is 1. The maximum Gasteiger partial charge on any atom is 0.321 e. The monoisotopic (exact) mass is 283 g/mol. The fourth-order valence-corrected chi connectivity index (χ4v) is 3.27. The summed E-state index contributed by atoms with van der Waals surface area (Å²) in [6.45, 7) is 3.22. The number of aliphatic carboxylic acids is 1. The molecule has 0 fully saturated rings. The van der Waals surface area contributed by atoms with E-state index in [0.717, 1.165) is 0 Å². The van der Waals surface area contributed by atoms with Crippen molar-refractivity contribution in [1.29, 1.82) is 0 Å². The molecular formula is C9H19N2O4S2+. The topological polar surface area (TPSA) is 117 Å². The van der Waals surface area contributed by atoms with Gasteiger partial charge in [0.05, 0.1) is 0 Å². The second-order valence-corrected chi connectivity index (χ2v) is 6.19. The van der Waals surface area contributed by atoms with Crippen molar-refractivity contribution in [2.45, 2.75) is 32.0 Å². The lowest BCUT2D eigenvalue weighted by atomic mass is 10.2. The summed E-state index contributed by atoms with van der Waals surface area (Å²) in [6, 6.07) is -0.878. The highest BCUT2D eigenvalue weighted by Crippen LogP contribution is 2.23. The van der Waals surface area contributed by atoms with E-state index in [2.05, 4.69) is 5.73 Å². The summed E-state index contributed by atoms with van der Waals surface area (Å²) in [5.41, 5.74) is 9.16. The molecule has 8 heteroatoms. The molecule has 0 radical (unpaired) electrons. The van der Waals surface area contributed by atoms with Crippen molar-refractivity contribution in [3.8, 4) is 0 Å². The Morgan fingerprint density at radius 3 is 2.35 bits per heavy atom. The van der Waals surface area contributed by atoms with Crippen LogP contribution in [-0.2, 0) is 14.3 Å². The molecule has 0 bridgehead atoms. The minimum atomic E-state index is -1.01. The minimum absolute atomic E-state index is 0.0138. The lowest BCUT2D eigenvalue weighted by Crippen LogP contribution is -2.65. The summed E-state index contributed by atoms with van der Waals surface area (Å²) < 4.78 is 5.08. The molecule has 17 heavy (non-hydrogen) atoms. The van der Waals surface area contributed by atoms with E-state index < -0.39 is 12.0 Å². The number of hydrogen-bond acceptors (Lipinski definition) is 6. The number of carbonyl (C=O) groups is 2. The lowest BCUT2D eigenvalue weighted by Gasteiger charge is -2.17. The van der Waals surface area contributed by atoms with Crippen LogP contribution in [-0.4, -0.2) is 46.7 Å². The van der Waals surface area contributed by atoms with Gasteiger partial charge in [0.1, 0.15) is 12.1 Å². The van der Waals surface area contributed by atoms with Crippen molar-refractivity contribution in [2.24, 2.45) is 5.73 Å². The minimum Gasteiger partial charge on any atom is -0.480 e. The molecule has 3 atom stereocenters. The normalized spacial score (nSPS) is 16.0. The van der Waals surface area contributed by atoms with Crippen LogP contribution in [0.2, 0.25) is 0 Å². The van der Waals surface area contributed by atoms with Gasteiger partial charge in [-0.15, -0.1) is 0 Å². The highest BCUT2D eigenvalue weighted by molar-refractivity contribution is 8.76. The van der Waals surface area contributed by atoms with Crippen molar-refractivity contribution in [3.63, 3.8) is 0 Å². The predicted molar refractivity (Wildman–Crippen MR) is 68.4 cm³/mol. The zero-order valence-electron chi connectivity index (χ0n) is 9.92. The predicted octanol–water partition coefficient (Wildman–Crippen LogP) is -0.658. The average Bonchev–Trinajstić information content (AvgIpc) is 2.21. The van der Waals surface area contributed by atoms with Gasteiger partial charge in [0.25, 0.3) is 0 Å². The van der Waals surface area contributed by atoms with Crippen LogP contribution in [0.3, 0.4) is 0 Å². The summed E-state index contributed by atoms with van der Waals surface area (Å²) in [5, 5.41) is 8.57. The molecule has 0 aliphatic carbocycles. The molecule has 0 aromatic carbocycles. The lowest BCUT2D eigenvalue weighted by molar-refractivity contribution is -0.429. The van der Waals surface area contributed by atoms with Crippen LogP contribution in [0.15, 0.2) is 0 Å². The van der Waals surface area contributed by atoms with E-state index in [9.17, 15) is 9.59 Å². The molecule has 0 aromatic rings. The summed E-state index contributed by atoms with van der Waals surface area (Å²) in [7, 11) is 2.79. The summed E-state index contributed by atoms with van der Waals surface area (Å²) in [5.74, 6) is -0.460. The Kier molecular flexibility index (Phi) is 8.40. The Hall–Kier alpha value is -0.440. The first-order valence-corrected chi connectivity index (χ1v) is 7.56. The molecule has 0 saturated carbocycles. The van der Waals surface area contributed by atoms with E-state index in [0.29, 0.717) is 11.5 Å². The molecule has 6 nitrogen and oxygen atoms in total. The standard InChI is InChI=1S/C9H18N2O4S2/c1-5(10)8(15-6(2)12)4-17-16-3-7(11)9(13)14/h5,7-8H,3-4,10-11H2,1-2H3,(H,13,14)/p+1. The molecule has 0 heterocycles. The molecule has 0 amide bonds. The first-order chi connectivity index (χ1) is 7.84. The quantitative estimate of drug-likeness (QED) is 0.307. The Morgan fingerprint density at radius 1 is 1.41 bits per heavy atom. The highest BCUT2D eigenvalue weighted by Gasteiger charge is 2.20. The Bertz CT molecular complexity index is 263. The Balaban J connectivity index is 3.83. The number of quaternary nitrogens is 1. The summed E-state index contributed by atoms with van der Waals surface area (Å²) in [6.07, 6.45) is -0.258. The molecule has 0 rings (SSSR count). The van der Waals surface area contributed by atoms with Gasteiger partial charge in [0.15, 0.2) is 6.10 Å². The first kappa shape index (κ1) is 16.6. The summed E-state index contributed by atoms with van der Waals surface area (Å²) >= 11 is 0. The van der Waals surface area contributed by atoms with Crippen LogP contribution < -0.4 is 11.5 Å². The third-order valence-corrected chi connectivity index (χ3v) is 4.28. The number of rotatable bonds is 8. The van der Waals surface area contributed by atoms with E-state index >= 15 is 0 Å². The van der Waals surface area contributed by atoms with Gasteiger partial charge >= 0.3 is 11.9 Å². The van der Waals surface area contributed by atoms with Crippen molar-refractivity contribution in [3.05, 3.63) is 0 Å². The van der Waals surface area contributed by atoms with Crippen LogP contribution in [0, 0.1) is 0 Å². The van der Waals surface area contributed by atoms with Gasteiger partial charge in [-0.3, -0.25) is 9.59 Å². The average molecular weight is 283 g/mol. The number of carboxylic acids is 1. The van der Waals surface area contributed by atoms with Crippen molar-refractivity contribution >= 4 is 33.5 Å². The van der Waals surface area contributed by atoms with Crippen LogP contribution >= 0.6 is 21.6 Å². The maximum absolute atomic E-state index is 10.8. The van der Waals surface area contributed by atoms with E-state index in [1.165, 1.54) is 28.5 Å². The maximum atomic E-state index is 10.8. The van der Waals surface area contributed by atoms with Crippen LogP contribution in [0.5, 0.6) is 0 Å². The van der Waals surface area contributed by atoms with Crippen LogP contribution in [0.25, 0.3) is 0 Å². The Labute approximate surface area is 108 Å². The molecular weight excluding hydrogens is 264 g/mol. The van der Waals surface area contributed by atoms with Crippen molar-refractivity contribution in [2.75, 3.05) is 11.5 Å². The fourth-order valence-electron chi connectivity index (χ4n) is 0.835. The van der Waals surface area contributed by atoms with Crippen LogP contribution in [0.1, 0.15) is 13.8 Å². The fraction of sp³-hybridized carbons (Fsp3) is 0.778. The number of carbonyl (C=O) groups excluding carboxylic acids is 1. The molecule has 3 unspecified atom stereocenters. The van der Waals surface area contributed by atoms with E-state index in [4.69, 9.17) is 15.6 Å². The molecule has 100 valence electrons. The van der Waals surface area contributed by atoms with Crippen LogP contribution in [0.4, 0.5) is 0 Å². The zero-order valence-corrected chi connectivity index (χ0v) is 11.6. The highest BCUT2D eigenvalue weighted by atomic mass is 33.1. The number of ether oxygens (including phenoxy) is 1. The first-order valence-electron chi connectivity index (χ1n) is 5.07. The van der Waals surface area contributed by atoms with E-state index in [1.807, 2.05) is 6.92 Å². The third kappa shape index (κ3) is 8.31. The molecule has 0 saturated heterocycles. The molecule has 0 aliphatic rings. The number of carboxylic acid groups (broad SMARTS) is 1. The van der Waals surface area contributed by atoms with Gasteiger partial charge in [-0.25, -0.2) is 0 Å². The second kappa shape index (κ2) is 8.62. The van der Waals surface area contributed by atoms with Crippen molar-refractivity contribution < 1.29 is 25.2 Å². The van der Waals surface area contributed by atoms with Gasteiger partial charge in [0.2, 0.25) is 0 Å². The second-order valence-electron chi connectivity index (χ2n) is 3.64. The van der Waals surface area contributed by atoms with Gasteiger partial charge in [-0.05, 0) is 6.92 Å². The third-order valence-electron chi connectivity index (χ3n) is 1.83. The van der Waals surface area contributed by atoms with E-state index in [-0.39, 0.29) is 18.1 Å². The number of hydrogen-bond donors (Lipinski definition) is 3. The van der Waals surface area contributed by atoms with Crippen molar-refractivity contribution in [1.82, 2.24) is 0 Å². The van der Waals surface area contributed by atoms with Gasteiger partial charge in [0, 0.05) is 18.4 Å². The smallest absolute Gasteiger partial charge is 0.321 e. The van der Waals surface area contributed by atoms with Gasteiger partial charge in [-0.2, -0.15) is 0 Å². The molecule has 0 aliphatic heterocycles. The van der Waals surface area contributed by atoms with Gasteiger partial charge < -0.3 is 21.3 Å². The molecule has 0 spiro atoms. The number of esters is 1. The van der Waals surface area contributed by atoms with Gasteiger partial charge in [-0.1, -0.05) is 21.6 Å². The molecule has 0 aromatic heterocycles. The Morgan fingerprint density at radius 2 is 1.94 bits per heavy atom. The summed E-state index contributed by atoms with van der Waals surface area (Å²) in [4.78, 5) is 21.3. The van der Waals surface area contributed by atoms with E-state index in [1.54, 1.807) is 0 Å².